The lowest BCUT2D eigenvalue weighted by atomic mass is 10.0. The number of amides is 1. The second kappa shape index (κ2) is 11.9. The number of carbonyl (C=O) groups excluding carboxylic acids is 1. The highest BCUT2D eigenvalue weighted by Gasteiger charge is 2.29. The van der Waals surface area contributed by atoms with Crippen molar-refractivity contribution >= 4 is 5.91 Å². The molecule has 1 amide bonds. The van der Waals surface area contributed by atoms with E-state index in [1.807, 2.05) is 4.90 Å². The zero-order valence-corrected chi connectivity index (χ0v) is 21.9. The number of nitrogens with zero attached hydrogens (tertiary/aromatic N) is 3. The van der Waals surface area contributed by atoms with Crippen molar-refractivity contribution in [3.05, 3.63) is 0 Å². The summed E-state index contributed by atoms with van der Waals surface area (Å²) in [7, 11) is 0. The zero-order valence-electron chi connectivity index (χ0n) is 21.9. The van der Waals surface area contributed by atoms with Crippen molar-refractivity contribution < 1.29 is 4.79 Å². The molecule has 3 fully saturated rings. The van der Waals surface area contributed by atoms with Crippen molar-refractivity contribution in [2.45, 2.75) is 130 Å². The average molecular weight is 424 g/mol. The minimum absolute atomic E-state index is 0.0353. The van der Waals surface area contributed by atoms with Crippen molar-refractivity contribution in [1.82, 2.24) is 14.7 Å². The number of carbonyl (C=O) groups is 1. The van der Waals surface area contributed by atoms with Gasteiger partial charge in [-0.05, 0) is 121 Å². The molecule has 4 nitrogen and oxygen atoms in total. The Labute approximate surface area is 188 Å². The molecule has 0 aromatic heterocycles. The molecule has 0 unspecified atom stereocenters. The van der Waals surface area contributed by atoms with Crippen molar-refractivity contribution in [1.29, 1.82) is 0 Å². The van der Waals surface area contributed by atoms with Crippen LogP contribution in [0.3, 0.4) is 0 Å². The first-order valence-electron chi connectivity index (χ1n) is 12.5. The Hall–Kier alpha value is -0.610. The van der Waals surface area contributed by atoms with Crippen LogP contribution in [-0.4, -0.2) is 69.9 Å². The first kappa shape index (κ1) is 27.4. The predicted octanol–water partition coefficient (Wildman–Crippen LogP) is 5.95. The Bertz CT molecular complexity index is 456. The summed E-state index contributed by atoms with van der Waals surface area (Å²) in [6.07, 6.45) is 10.3. The smallest absolute Gasteiger partial charge is 0.223 e. The third kappa shape index (κ3) is 10.1. The Kier molecular flexibility index (Phi) is 10.8. The van der Waals surface area contributed by atoms with Gasteiger partial charge in [0.1, 0.15) is 0 Å². The molecule has 0 aromatic rings. The van der Waals surface area contributed by atoms with Crippen LogP contribution in [-0.2, 0) is 4.79 Å². The highest BCUT2D eigenvalue weighted by molar-refractivity contribution is 5.78. The maximum absolute atomic E-state index is 11.1. The number of rotatable bonds is 0. The van der Waals surface area contributed by atoms with Crippen LogP contribution in [0.25, 0.3) is 0 Å². The van der Waals surface area contributed by atoms with Gasteiger partial charge in [-0.25, -0.2) is 0 Å². The van der Waals surface area contributed by atoms with E-state index in [1.54, 1.807) is 0 Å². The summed E-state index contributed by atoms with van der Waals surface area (Å²) in [5, 5.41) is 0. The standard InChI is InChI=1S/2C9H19N.C8H15NO/c2*1-9(2,3)10-7-5-4-6-8-10;1-8(2,3)9-6-4-5-7(9)10/h2*4-8H2,1-3H3;4-6H2,1-3H3. The zero-order chi connectivity index (χ0) is 23.0. The highest BCUT2D eigenvalue weighted by Crippen LogP contribution is 2.21. The lowest BCUT2D eigenvalue weighted by Gasteiger charge is -2.38. The third-order valence-electron chi connectivity index (χ3n) is 6.49. The summed E-state index contributed by atoms with van der Waals surface area (Å²) >= 11 is 0. The van der Waals surface area contributed by atoms with Gasteiger partial charge in [0.25, 0.3) is 0 Å². The summed E-state index contributed by atoms with van der Waals surface area (Å²) < 4.78 is 0. The molecule has 0 saturated carbocycles. The molecule has 3 heterocycles. The van der Waals surface area contributed by atoms with E-state index < -0.39 is 0 Å². The molecule has 0 aromatic carbocycles. The van der Waals surface area contributed by atoms with Gasteiger partial charge in [0.15, 0.2) is 0 Å². The van der Waals surface area contributed by atoms with Crippen LogP contribution in [0.4, 0.5) is 0 Å². The van der Waals surface area contributed by atoms with Gasteiger partial charge >= 0.3 is 0 Å². The molecule has 3 aliphatic heterocycles. The minimum atomic E-state index is 0.0353. The van der Waals surface area contributed by atoms with E-state index in [0.29, 0.717) is 17.0 Å². The molecule has 0 radical (unpaired) electrons. The fourth-order valence-corrected chi connectivity index (χ4v) is 4.49. The fourth-order valence-electron chi connectivity index (χ4n) is 4.49. The molecule has 30 heavy (non-hydrogen) atoms. The van der Waals surface area contributed by atoms with Crippen molar-refractivity contribution in [2.75, 3.05) is 32.7 Å². The number of piperidine rings is 2. The SMILES string of the molecule is CC(C)(C)N1CCCC1=O.CC(C)(C)N1CCCCC1.CC(C)(C)N1CCCCC1. The van der Waals surface area contributed by atoms with E-state index in [0.717, 1.165) is 19.4 Å². The monoisotopic (exact) mass is 423 g/mol. The summed E-state index contributed by atoms with van der Waals surface area (Å²) in [5.41, 5.74) is 0.842. The summed E-state index contributed by atoms with van der Waals surface area (Å²) in [6, 6.07) is 0. The second-order valence-corrected chi connectivity index (χ2v) is 12.3. The first-order chi connectivity index (χ1) is 13.7. The molecule has 3 aliphatic rings. The normalized spacial score (nSPS) is 22.2. The molecule has 0 atom stereocenters. The van der Waals surface area contributed by atoms with Crippen molar-refractivity contribution in [3.63, 3.8) is 0 Å². The summed E-state index contributed by atoms with van der Waals surface area (Å²) in [6.45, 7) is 26.2. The summed E-state index contributed by atoms with van der Waals surface area (Å²) in [5.74, 6) is 0.313. The van der Waals surface area contributed by atoms with Crippen LogP contribution in [0.15, 0.2) is 0 Å². The average Bonchev–Trinajstić information content (AvgIpc) is 3.09. The lowest BCUT2D eigenvalue weighted by Crippen LogP contribution is -2.44. The second-order valence-electron chi connectivity index (χ2n) is 12.3. The van der Waals surface area contributed by atoms with Crippen LogP contribution in [0.1, 0.15) is 114 Å². The molecule has 0 spiro atoms. The molecule has 0 bridgehead atoms. The van der Waals surface area contributed by atoms with Gasteiger partial charge in [0.2, 0.25) is 5.91 Å². The quantitative estimate of drug-likeness (QED) is 0.482. The fraction of sp³-hybridized carbons (Fsp3) is 0.962. The van der Waals surface area contributed by atoms with E-state index in [-0.39, 0.29) is 5.54 Å². The Morgan fingerprint density at radius 2 is 0.867 bits per heavy atom. The molecule has 3 rings (SSSR count). The van der Waals surface area contributed by atoms with Gasteiger partial charge in [-0.3, -0.25) is 14.6 Å². The minimum Gasteiger partial charge on any atom is -0.338 e. The van der Waals surface area contributed by atoms with Crippen molar-refractivity contribution in [3.8, 4) is 0 Å². The van der Waals surface area contributed by atoms with Gasteiger partial charge in [-0.2, -0.15) is 0 Å². The maximum atomic E-state index is 11.1. The van der Waals surface area contributed by atoms with Gasteiger partial charge < -0.3 is 4.90 Å². The number of hydrogen-bond donors (Lipinski definition) is 0. The van der Waals surface area contributed by atoms with E-state index in [2.05, 4.69) is 72.1 Å². The third-order valence-corrected chi connectivity index (χ3v) is 6.49. The Morgan fingerprint density at radius 1 is 0.500 bits per heavy atom. The Morgan fingerprint density at radius 3 is 1.03 bits per heavy atom. The van der Waals surface area contributed by atoms with Gasteiger partial charge in [-0.1, -0.05) is 12.8 Å². The molecular weight excluding hydrogens is 370 g/mol. The summed E-state index contributed by atoms with van der Waals surface area (Å²) in [4.78, 5) is 18.3. The largest absolute Gasteiger partial charge is 0.338 e. The first-order valence-corrected chi connectivity index (χ1v) is 12.5. The highest BCUT2D eigenvalue weighted by atomic mass is 16.2. The lowest BCUT2D eigenvalue weighted by molar-refractivity contribution is -0.131. The van der Waals surface area contributed by atoms with E-state index in [9.17, 15) is 4.79 Å². The molecule has 4 heteroatoms. The van der Waals surface area contributed by atoms with E-state index >= 15 is 0 Å². The Balaban J connectivity index is 0.000000225. The molecule has 0 aliphatic carbocycles. The van der Waals surface area contributed by atoms with E-state index in [1.165, 1.54) is 64.7 Å². The maximum Gasteiger partial charge on any atom is 0.223 e. The topological polar surface area (TPSA) is 26.8 Å². The molecular formula is C26H53N3O. The van der Waals surface area contributed by atoms with Crippen LogP contribution in [0, 0.1) is 0 Å². The molecule has 3 saturated heterocycles. The molecule has 178 valence electrons. The van der Waals surface area contributed by atoms with Crippen LogP contribution < -0.4 is 0 Å². The van der Waals surface area contributed by atoms with Crippen LogP contribution >= 0.6 is 0 Å². The number of likely N-dealkylation sites (tertiary alicyclic amines) is 3. The molecule has 0 N–H and O–H groups in total. The van der Waals surface area contributed by atoms with Crippen molar-refractivity contribution in [2.24, 2.45) is 0 Å². The van der Waals surface area contributed by atoms with E-state index in [4.69, 9.17) is 0 Å². The van der Waals surface area contributed by atoms with Crippen LogP contribution in [0.5, 0.6) is 0 Å². The predicted molar refractivity (Wildman–Crippen MR) is 131 cm³/mol. The van der Waals surface area contributed by atoms with Gasteiger partial charge in [0, 0.05) is 29.6 Å². The van der Waals surface area contributed by atoms with Gasteiger partial charge in [-0.15, -0.1) is 0 Å². The van der Waals surface area contributed by atoms with Crippen LogP contribution in [0.2, 0.25) is 0 Å². The number of hydrogen-bond acceptors (Lipinski definition) is 3. The van der Waals surface area contributed by atoms with Gasteiger partial charge in [0.05, 0.1) is 0 Å².